The summed E-state index contributed by atoms with van der Waals surface area (Å²) >= 11 is 0. The Hall–Kier alpha value is -1.62. The van der Waals surface area contributed by atoms with Crippen LogP contribution in [0, 0.1) is 11.3 Å². The van der Waals surface area contributed by atoms with E-state index in [1.54, 1.807) is 0 Å². The van der Waals surface area contributed by atoms with Gasteiger partial charge in [-0.05, 0) is 49.8 Å². The van der Waals surface area contributed by atoms with Crippen LogP contribution >= 0.6 is 0 Å². The van der Waals surface area contributed by atoms with Crippen molar-refractivity contribution in [2.24, 2.45) is 0 Å². The maximum Gasteiger partial charge on any atom is 0.137 e. The van der Waals surface area contributed by atoms with E-state index in [1.807, 2.05) is 6.07 Å². The molecule has 0 aromatic carbocycles. The van der Waals surface area contributed by atoms with Crippen LogP contribution in [0.25, 0.3) is 0 Å². The van der Waals surface area contributed by atoms with Crippen LogP contribution in [0.15, 0.2) is 46.3 Å². The van der Waals surface area contributed by atoms with Gasteiger partial charge in [-0.25, -0.2) is 4.39 Å². The molecular formula is C14H14FN. The zero-order valence-corrected chi connectivity index (χ0v) is 9.39. The topological polar surface area (TPSA) is 23.8 Å². The number of allylic oxidation sites excluding steroid dienone is 8. The van der Waals surface area contributed by atoms with Crippen LogP contribution in [-0.2, 0) is 0 Å². The van der Waals surface area contributed by atoms with Gasteiger partial charge < -0.3 is 0 Å². The van der Waals surface area contributed by atoms with Crippen molar-refractivity contribution < 1.29 is 4.39 Å². The van der Waals surface area contributed by atoms with Crippen LogP contribution in [0.4, 0.5) is 4.39 Å². The molecule has 2 aliphatic rings. The molecule has 0 bridgehead atoms. The van der Waals surface area contributed by atoms with Crippen molar-refractivity contribution in [1.29, 1.82) is 5.26 Å². The van der Waals surface area contributed by atoms with E-state index in [4.69, 9.17) is 5.26 Å². The summed E-state index contributed by atoms with van der Waals surface area (Å²) in [6.45, 7) is 2.11. The van der Waals surface area contributed by atoms with E-state index in [-0.39, 0.29) is 11.4 Å². The zero-order chi connectivity index (χ0) is 11.5. The summed E-state index contributed by atoms with van der Waals surface area (Å²) < 4.78 is 13.5. The van der Waals surface area contributed by atoms with Crippen molar-refractivity contribution in [2.45, 2.75) is 32.6 Å². The Bertz CT molecular complexity index is 469. The third-order valence-electron chi connectivity index (χ3n) is 3.14. The van der Waals surface area contributed by atoms with Crippen LogP contribution in [0.5, 0.6) is 0 Å². The van der Waals surface area contributed by atoms with Gasteiger partial charge in [0.25, 0.3) is 0 Å². The first kappa shape index (κ1) is 10.9. The second kappa shape index (κ2) is 4.49. The first-order valence-electron chi connectivity index (χ1n) is 5.56. The smallest absolute Gasteiger partial charge is 0.137 e. The number of nitrogens with zero attached hydrogens (tertiary/aromatic N) is 1. The molecule has 0 saturated heterocycles. The Balaban J connectivity index is 2.26. The van der Waals surface area contributed by atoms with Crippen molar-refractivity contribution in [1.82, 2.24) is 0 Å². The van der Waals surface area contributed by atoms with Crippen molar-refractivity contribution in [2.75, 3.05) is 0 Å². The van der Waals surface area contributed by atoms with Gasteiger partial charge in [0.2, 0.25) is 0 Å². The highest BCUT2D eigenvalue weighted by atomic mass is 19.1. The van der Waals surface area contributed by atoms with E-state index in [2.05, 4.69) is 19.1 Å². The van der Waals surface area contributed by atoms with Crippen LogP contribution < -0.4 is 0 Å². The summed E-state index contributed by atoms with van der Waals surface area (Å²) in [6, 6.07) is 1.91. The SMILES string of the molecule is CC1=CC=C(C2=CC(F)=C(C#N)CC2)CC1. The van der Waals surface area contributed by atoms with Crippen LogP contribution in [0.1, 0.15) is 32.6 Å². The molecule has 82 valence electrons. The fraction of sp³-hybridized carbons (Fsp3) is 0.357. The fourth-order valence-electron chi connectivity index (χ4n) is 2.06. The lowest BCUT2D eigenvalue weighted by molar-refractivity contribution is 0.637. The quantitative estimate of drug-likeness (QED) is 0.645. The minimum atomic E-state index is -0.351. The molecular weight excluding hydrogens is 201 g/mol. The normalized spacial score (nSPS) is 20.9. The van der Waals surface area contributed by atoms with Gasteiger partial charge in [0.1, 0.15) is 5.83 Å². The Labute approximate surface area is 95.3 Å². The van der Waals surface area contributed by atoms with Crippen molar-refractivity contribution in [3.05, 3.63) is 46.3 Å². The van der Waals surface area contributed by atoms with Crippen LogP contribution in [0.2, 0.25) is 0 Å². The molecule has 1 nitrogen and oxygen atoms in total. The predicted octanol–water partition coefficient (Wildman–Crippen LogP) is 4.12. The summed E-state index contributed by atoms with van der Waals surface area (Å²) in [6.07, 6.45) is 9.07. The first-order valence-corrected chi connectivity index (χ1v) is 5.56. The molecule has 2 rings (SSSR count). The van der Waals surface area contributed by atoms with Gasteiger partial charge in [0, 0.05) is 0 Å². The van der Waals surface area contributed by atoms with Gasteiger partial charge in [-0.15, -0.1) is 0 Å². The lowest BCUT2D eigenvalue weighted by Gasteiger charge is -2.18. The molecule has 0 amide bonds. The summed E-state index contributed by atoms with van der Waals surface area (Å²) in [5, 5.41) is 8.69. The molecule has 2 heteroatoms. The minimum absolute atomic E-state index is 0.284. The van der Waals surface area contributed by atoms with E-state index >= 15 is 0 Å². The van der Waals surface area contributed by atoms with Gasteiger partial charge in [-0.3, -0.25) is 0 Å². The summed E-state index contributed by atoms with van der Waals surface area (Å²) in [5.74, 6) is -0.351. The minimum Gasteiger partial charge on any atom is -0.206 e. The average molecular weight is 215 g/mol. The average Bonchev–Trinajstić information content (AvgIpc) is 2.30. The molecule has 0 unspecified atom stereocenters. The first-order chi connectivity index (χ1) is 7.70. The van der Waals surface area contributed by atoms with E-state index in [9.17, 15) is 4.39 Å². The maximum atomic E-state index is 13.5. The van der Waals surface area contributed by atoms with E-state index < -0.39 is 0 Å². The number of hydrogen-bond acceptors (Lipinski definition) is 1. The number of hydrogen-bond donors (Lipinski definition) is 0. The molecule has 0 aromatic heterocycles. The van der Waals surface area contributed by atoms with Crippen LogP contribution in [-0.4, -0.2) is 0 Å². The zero-order valence-electron chi connectivity index (χ0n) is 9.39. The molecule has 0 fully saturated rings. The summed E-state index contributed by atoms with van der Waals surface area (Å²) in [4.78, 5) is 0. The Morgan fingerprint density at radius 1 is 1.12 bits per heavy atom. The van der Waals surface area contributed by atoms with E-state index in [0.717, 1.165) is 24.8 Å². The highest BCUT2D eigenvalue weighted by molar-refractivity contribution is 5.46. The highest BCUT2D eigenvalue weighted by Gasteiger charge is 2.16. The Kier molecular flexibility index (Phi) is 3.05. The third kappa shape index (κ3) is 2.14. The van der Waals surface area contributed by atoms with Gasteiger partial charge >= 0.3 is 0 Å². The molecule has 0 radical (unpaired) electrons. The standard InChI is InChI=1S/C14H14FN/c1-10-2-4-11(5-3-10)12-6-7-13(9-16)14(15)8-12/h2,4,8H,3,5-7H2,1H3. The molecule has 0 atom stereocenters. The van der Waals surface area contributed by atoms with Gasteiger partial charge in [0.15, 0.2) is 0 Å². The summed E-state index contributed by atoms with van der Waals surface area (Å²) in [7, 11) is 0. The molecule has 0 aromatic rings. The lowest BCUT2D eigenvalue weighted by atomic mass is 9.87. The maximum absolute atomic E-state index is 13.5. The van der Waals surface area contributed by atoms with E-state index in [0.29, 0.717) is 6.42 Å². The molecule has 0 heterocycles. The van der Waals surface area contributed by atoms with Gasteiger partial charge in [-0.2, -0.15) is 5.26 Å². The number of nitriles is 1. The molecule has 2 aliphatic carbocycles. The van der Waals surface area contributed by atoms with Crippen molar-refractivity contribution in [3.8, 4) is 6.07 Å². The molecule has 16 heavy (non-hydrogen) atoms. The molecule has 0 spiro atoms. The highest BCUT2D eigenvalue weighted by Crippen LogP contribution is 2.32. The predicted molar refractivity (Wildman–Crippen MR) is 62.1 cm³/mol. The van der Waals surface area contributed by atoms with Crippen molar-refractivity contribution in [3.63, 3.8) is 0 Å². The Morgan fingerprint density at radius 2 is 1.88 bits per heavy atom. The number of rotatable bonds is 1. The number of halogens is 1. The monoisotopic (exact) mass is 215 g/mol. The second-order valence-corrected chi connectivity index (χ2v) is 4.31. The van der Waals surface area contributed by atoms with Gasteiger partial charge in [-0.1, -0.05) is 17.7 Å². The second-order valence-electron chi connectivity index (χ2n) is 4.31. The molecule has 0 aliphatic heterocycles. The Morgan fingerprint density at radius 3 is 2.44 bits per heavy atom. The molecule has 0 N–H and O–H groups in total. The van der Waals surface area contributed by atoms with Crippen molar-refractivity contribution >= 4 is 0 Å². The third-order valence-corrected chi connectivity index (χ3v) is 3.14. The fourth-order valence-corrected chi connectivity index (χ4v) is 2.06. The molecule has 0 saturated carbocycles. The lowest BCUT2D eigenvalue weighted by Crippen LogP contribution is -2.01. The van der Waals surface area contributed by atoms with Crippen LogP contribution in [0.3, 0.4) is 0 Å². The summed E-state index contributed by atoms with van der Waals surface area (Å²) in [5.41, 5.74) is 3.93. The van der Waals surface area contributed by atoms with Gasteiger partial charge in [0.05, 0.1) is 11.6 Å². The van der Waals surface area contributed by atoms with E-state index in [1.165, 1.54) is 17.2 Å². The largest absolute Gasteiger partial charge is 0.206 e.